The van der Waals surface area contributed by atoms with E-state index in [0.29, 0.717) is 24.0 Å². The van der Waals surface area contributed by atoms with Crippen molar-refractivity contribution >= 4 is 16.6 Å². The van der Waals surface area contributed by atoms with Crippen molar-refractivity contribution in [3.8, 4) is 0 Å². The van der Waals surface area contributed by atoms with E-state index in [2.05, 4.69) is 59.2 Å². The molecular formula is C24H50O3Si2. The van der Waals surface area contributed by atoms with Gasteiger partial charge in [0.25, 0.3) is 0 Å². The lowest BCUT2D eigenvalue weighted by atomic mass is 9.86. The van der Waals surface area contributed by atoms with E-state index in [0.717, 1.165) is 19.4 Å². The minimum absolute atomic E-state index is 0.366. The summed E-state index contributed by atoms with van der Waals surface area (Å²) in [6.07, 6.45) is 13.1. The van der Waals surface area contributed by atoms with Gasteiger partial charge < -0.3 is 13.6 Å². The summed E-state index contributed by atoms with van der Waals surface area (Å²) in [7, 11) is -1.35. The van der Waals surface area contributed by atoms with Crippen LogP contribution in [-0.4, -0.2) is 42.6 Å². The maximum absolute atomic E-state index is 6.74. The quantitative estimate of drug-likeness (QED) is 0.159. The predicted molar refractivity (Wildman–Crippen MR) is 132 cm³/mol. The van der Waals surface area contributed by atoms with Gasteiger partial charge in [0.1, 0.15) is 0 Å². The summed E-state index contributed by atoms with van der Waals surface area (Å²) in [6, 6.07) is 0. The molecule has 0 aromatic heterocycles. The van der Waals surface area contributed by atoms with Crippen LogP contribution in [0.15, 0.2) is 11.6 Å². The highest BCUT2D eigenvalue weighted by atomic mass is 28.4. The van der Waals surface area contributed by atoms with Gasteiger partial charge in [-0.1, -0.05) is 37.3 Å². The van der Waals surface area contributed by atoms with Crippen molar-refractivity contribution in [3.05, 3.63) is 11.6 Å². The molecule has 0 saturated heterocycles. The number of hydrogen-bond acceptors (Lipinski definition) is 3. The monoisotopic (exact) mass is 442 g/mol. The van der Waals surface area contributed by atoms with Gasteiger partial charge in [-0.25, -0.2) is 0 Å². The number of unbranched alkanes of at least 4 members (excludes halogenated alkanes) is 4. The standard InChI is InChI=1S/C24H50O3Si2/c1-20(2)16-17-22-21(15-13-11-10-12-14-18-25-3)23(26-28(4,5)6)19-24(22)27-29(7,8)9/h16,21-24H,10-15,17-19H2,1-9H3/t21-,22-,23-,24-/m0/s1. The van der Waals surface area contributed by atoms with Gasteiger partial charge in [-0.3, -0.25) is 0 Å². The second-order valence-corrected chi connectivity index (χ2v) is 20.1. The Morgan fingerprint density at radius 3 is 1.83 bits per heavy atom. The molecule has 0 spiro atoms. The normalized spacial score (nSPS) is 25.4. The summed E-state index contributed by atoms with van der Waals surface area (Å²) in [4.78, 5) is 0. The van der Waals surface area contributed by atoms with E-state index in [1.165, 1.54) is 44.1 Å². The summed E-state index contributed by atoms with van der Waals surface area (Å²) < 4.78 is 18.6. The Hall–Kier alpha value is 0.0538. The Morgan fingerprint density at radius 1 is 0.793 bits per heavy atom. The maximum Gasteiger partial charge on any atom is 0.184 e. The van der Waals surface area contributed by atoms with E-state index < -0.39 is 16.6 Å². The van der Waals surface area contributed by atoms with Gasteiger partial charge in [-0.2, -0.15) is 0 Å². The highest BCUT2D eigenvalue weighted by Gasteiger charge is 2.45. The average molecular weight is 443 g/mol. The summed E-state index contributed by atoms with van der Waals surface area (Å²) in [5.41, 5.74) is 1.42. The molecule has 0 unspecified atom stereocenters. The van der Waals surface area contributed by atoms with Crippen LogP contribution >= 0.6 is 0 Å². The van der Waals surface area contributed by atoms with Gasteiger partial charge in [-0.05, 0) is 90.6 Å². The van der Waals surface area contributed by atoms with Crippen LogP contribution in [0.25, 0.3) is 0 Å². The molecule has 1 aliphatic rings. The van der Waals surface area contributed by atoms with Crippen LogP contribution in [0.4, 0.5) is 0 Å². The minimum Gasteiger partial charge on any atom is -0.414 e. The SMILES string of the molecule is COCCCCCCC[C@H]1[C@H](CC=C(C)C)[C@@H](O[Si](C)(C)C)C[C@@H]1O[Si](C)(C)C. The molecule has 1 aliphatic carbocycles. The Balaban J connectivity index is 2.82. The molecule has 1 rings (SSSR count). The molecule has 29 heavy (non-hydrogen) atoms. The smallest absolute Gasteiger partial charge is 0.184 e. The first-order valence-electron chi connectivity index (χ1n) is 11.9. The Bertz CT molecular complexity index is 475. The third kappa shape index (κ3) is 11.9. The number of rotatable bonds is 14. The Labute approximate surface area is 184 Å². The summed E-state index contributed by atoms with van der Waals surface area (Å²) in [6.45, 7) is 19.3. The molecule has 1 saturated carbocycles. The van der Waals surface area contributed by atoms with E-state index in [9.17, 15) is 0 Å². The maximum atomic E-state index is 6.74. The second-order valence-electron chi connectivity index (χ2n) is 11.2. The predicted octanol–water partition coefficient (Wildman–Crippen LogP) is 7.41. The minimum atomic E-state index is -1.57. The van der Waals surface area contributed by atoms with Crippen molar-refractivity contribution in [3.63, 3.8) is 0 Å². The molecule has 5 heteroatoms. The molecular weight excluding hydrogens is 392 g/mol. The molecule has 0 N–H and O–H groups in total. The first kappa shape index (κ1) is 27.1. The van der Waals surface area contributed by atoms with Gasteiger partial charge in [0, 0.05) is 13.7 Å². The van der Waals surface area contributed by atoms with E-state index in [1.54, 1.807) is 7.11 Å². The zero-order chi connectivity index (χ0) is 22.1. The lowest BCUT2D eigenvalue weighted by Crippen LogP contribution is -2.35. The number of ether oxygens (including phenoxy) is 1. The van der Waals surface area contributed by atoms with Crippen LogP contribution in [-0.2, 0) is 13.6 Å². The van der Waals surface area contributed by atoms with E-state index in [4.69, 9.17) is 13.6 Å². The summed E-state index contributed by atoms with van der Waals surface area (Å²) in [5, 5.41) is 0. The van der Waals surface area contributed by atoms with Gasteiger partial charge in [0.05, 0.1) is 12.2 Å². The van der Waals surface area contributed by atoms with Gasteiger partial charge in [0.2, 0.25) is 0 Å². The highest BCUT2D eigenvalue weighted by Crippen LogP contribution is 2.43. The zero-order valence-corrected chi connectivity index (χ0v) is 23.0. The lowest BCUT2D eigenvalue weighted by Gasteiger charge is -2.31. The molecule has 0 radical (unpaired) electrons. The van der Waals surface area contributed by atoms with Crippen LogP contribution in [0.5, 0.6) is 0 Å². The van der Waals surface area contributed by atoms with Crippen molar-refractivity contribution in [2.45, 2.75) is 117 Å². The Kier molecular flexibility index (Phi) is 12.0. The fourth-order valence-electron chi connectivity index (χ4n) is 4.56. The second kappa shape index (κ2) is 12.8. The molecule has 1 fully saturated rings. The van der Waals surface area contributed by atoms with Crippen LogP contribution in [0.2, 0.25) is 39.3 Å². The van der Waals surface area contributed by atoms with Crippen LogP contribution in [0, 0.1) is 11.8 Å². The van der Waals surface area contributed by atoms with Crippen LogP contribution < -0.4 is 0 Å². The van der Waals surface area contributed by atoms with Crippen molar-refractivity contribution < 1.29 is 13.6 Å². The van der Waals surface area contributed by atoms with Gasteiger partial charge in [0.15, 0.2) is 16.6 Å². The third-order valence-corrected chi connectivity index (χ3v) is 7.68. The number of hydrogen-bond donors (Lipinski definition) is 0. The van der Waals surface area contributed by atoms with E-state index in [-0.39, 0.29) is 0 Å². The third-order valence-electron chi connectivity index (χ3n) is 5.66. The van der Waals surface area contributed by atoms with Crippen molar-refractivity contribution in [2.75, 3.05) is 13.7 Å². The first-order chi connectivity index (χ1) is 13.4. The van der Waals surface area contributed by atoms with Crippen LogP contribution in [0.1, 0.15) is 65.2 Å². The first-order valence-corrected chi connectivity index (χ1v) is 18.7. The molecule has 3 nitrogen and oxygen atoms in total. The topological polar surface area (TPSA) is 27.7 Å². The van der Waals surface area contributed by atoms with Crippen molar-refractivity contribution in [2.24, 2.45) is 11.8 Å². The zero-order valence-electron chi connectivity index (χ0n) is 21.0. The fraction of sp³-hybridized carbons (Fsp3) is 0.917. The molecule has 4 atom stereocenters. The fourth-order valence-corrected chi connectivity index (χ4v) is 6.92. The van der Waals surface area contributed by atoms with Crippen molar-refractivity contribution in [1.29, 1.82) is 0 Å². The molecule has 0 bridgehead atoms. The summed E-state index contributed by atoms with van der Waals surface area (Å²) >= 11 is 0. The molecule has 0 aromatic rings. The van der Waals surface area contributed by atoms with E-state index >= 15 is 0 Å². The Morgan fingerprint density at radius 2 is 1.31 bits per heavy atom. The molecule has 0 amide bonds. The lowest BCUT2D eigenvalue weighted by molar-refractivity contribution is 0.122. The highest BCUT2D eigenvalue weighted by molar-refractivity contribution is 6.70. The van der Waals surface area contributed by atoms with E-state index in [1.807, 2.05) is 0 Å². The molecule has 172 valence electrons. The average Bonchev–Trinajstić information content (AvgIpc) is 2.84. The molecule has 0 heterocycles. The summed E-state index contributed by atoms with van der Waals surface area (Å²) in [5.74, 6) is 1.24. The largest absolute Gasteiger partial charge is 0.414 e. The number of allylic oxidation sites excluding steroid dienone is 2. The van der Waals surface area contributed by atoms with Crippen molar-refractivity contribution in [1.82, 2.24) is 0 Å². The number of methoxy groups -OCH3 is 1. The molecule has 0 aliphatic heterocycles. The van der Waals surface area contributed by atoms with Gasteiger partial charge in [-0.15, -0.1) is 0 Å². The van der Waals surface area contributed by atoms with Gasteiger partial charge >= 0.3 is 0 Å². The van der Waals surface area contributed by atoms with Crippen LogP contribution in [0.3, 0.4) is 0 Å². The molecule has 0 aromatic carbocycles.